The summed E-state index contributed by atoms with van der Waals surface area (Å²) in [4.78, 5) is 14.5. The molecule has 6 nitrogen and oxygen atoms in total. The van der Waals surface area contributed by atoms with E-state index in [-0.39, 0.29) is 18.0 Å². The molecule has 0 spiro atoms. The molecule has 120 valence electrons. The third-order valence-electron chi connectivity index (χ3n) is 4.20. The van der Waals surface area contributed by atoms with Gasteiger partial charge in [-0.3, -0.25) is 14.3 Å². The number of nitrogens with zero attached hydrogens (tertiary/aromatic N) is 3. The van der Waals surface area contributed by atoms with Gasteiger partial charge in [-0.15, -0.1) is 0 Å². The first-order chi connectivity index (χ1) is 10.5. The summed E-state index contributed by atoms with van der Waals surface area (Å²) >= 11 is 0. The average Bonchev–Trinajstić information content (AvgIpc) is 2.49. The second kappa shape index (κ2) is 6.95. The lowest BCUT2D eigenvalue weighted by Crippen LogP contribution is -2.33. The number of rotatable bonds is 4. The summed E-state index contributed by atoms with van der Waals surface area (Å²) in [5.41, 5.74) is 0.655. The monoisotopic (exact) mass is 305 g/mol. The number of hydrogen-bond acceptors (Lipinski definition) is 5. The normalized spacial score (nSPS) is 17.2. The maximum atomic E-state index is 12.3. The van der Waals surface area contributed by atoms with E-state index in [0.717, 1.165) is 30.5 Å². The van der Waals surface area contributed by atoms with Crippen LogP contribution in [0.4, 0.5) is 0 Å². The van der Waals surface area contributed by atoms with Crippen LogP contribution in [-0.2, 0) is 13.1 Å². The second-order valence-electron chi connectivity index (χ2n) is 6.02. The molecule has 22 heavy (non-hydrogen) atoms. The number of hydrogen-bond donors (Lipinski definition) is 2. The summed E-state index contributed by atoms with van der Waals surface area (Å²) in [6, 6.07) is 1.94. The fraction of sp³-hybridized carbons (Fsp3) is 0.625. The van der Waals surface area contributed by atoms with Crippen LogP contribution in [0.1, 0.15) is 42.9 Å². The van der Waals surface area contributed by atoms with Crippen molar-refractivity contribution in [1.82, 2.24) is 9.47 Å². The fourth-order valence-electron chi connectivity index (χ4n) is 2.97. The Labute approximate surface area is 130 Å². The van der Waals surface area contributed by atoms with Crippen LogP contribution in [0.3, 0.4) is 0 Å². The molecule has 0 radical (unpaired) electrons. The van der Waals surface area contributed by atoms with Crippen molar-refractivity contribution in [2.45, 2.75) is 52.3 Å². The van der Waals surface area contributed by atoms with Gasteiger partial charge in [0.1, 0.15) is 11.6 Å². The number of aliphatic hydroxyl groups is 1. The van der Waals surface area contributed by atoms with E-state index in [1.54, 1.807) is 13.8 Å². The molecule has 6 heteroatoms. The molecule has 1 aliphatic heterocycles. The van der Waals surface area contributed by atoms with E-state index >= 15 is 0 Å². The summed E-state index contributed by atoms with van der Waals surface area (Å²) in [6.07, 6.45) is 2.68. The molecule has 2 N–H and O–H groups in total. The van der Waals surface area contributed by atoms with Crippen LogP contribution in [0, 0.1) is 18.3 Å². The minimum atomic E-state index is -0.777. The Morgan fingerprint density at radius 2 is 1.95 bits per heavy atom. The molecule has 1 saturated heterocycles. The summed E-state index contributed by atoms with van der Waals surface area (Å²) in [6.45, 7) is 5.65. The van der Waals surface area contributed by atoms with E-state index in [1.807, 2.05) is 6.07 Å². The van der Waals surface area contributed by atoms with Gasteiger partial charge in [-0.25, -0.2) is 0 Å². The maximum absolute atomic E-state index is 12.3. The maximum Gasteiger partial charge on any atom is 0.271 e. The number of aliphatic hydroxyl groups excluding tert-OH is 1. The van der Waals surface area contributed by atoms with Crippen LogP contribution in [0.25, 0.3) is 0 Å². The van der Waals surface area contributed by atoms with Crippen molar-refractivity contribution in [3.8, 4) is 11.9 Å². The molecular weight excluding hydrogens is 282 g/mol. The quantitative estimate of drug-likeness (QED) is 0.869. The molecule has 2 heterocycles. The largest absolute Gasteiger partial charge is 0.494 e. The van der Waals surface area contributed by atoms with Gasteiger partial charge in [-0.2, -0.15) is 5.26 Å². The zero-order valence-electron chi connectivity index (χ0n) is 13.2. The molecule has 1 aliphatic rings. The highest BCUT2D eigenvalue weighted by atomic mass is 16.3. The topological polar surface area (TPSA) is 89.5 Å². The van der Waals surface area contributed by atoms with Crippen LogP contribution in [0.2, 0.25) is 0 Å². The number of likely N-dealkylation sites (tertiary alicyclic amines) is 1. The Kier molecular flexibility index (Phi) is 5.22. The molecule has 0 aromatic carbocycles. The van der Waals surface area contributed by atoms with Crippen molar-refractivity contribution in [2.24, 2.45) is 0 Å². The molecule has 0 saturated carbocycles. The van der Waals surface area contributed by atoms with Gasteiger partial charge < -0.3 is 10.2 Å². The van der Waals surface area contributed by atoms with Gasteiger partial charge in [0.25, 0.3) is 5.56 Å². The third-order valence-corrected chi connectivity index (χ3v) is 4.20. The first-order valence-electron chi connectivity index (χ1n) is 7.71. The molecule has 1 aromatic rings. The van der Waals surface area contributed by atoms with Crippen molar-refractivity contribution in [1.29, 1.82) is 5.26 Å². The van der Waals surface area contributed by atoms with Gasteiger partial charge in [0.05, 0.1) is 12.6 Å². The molecule has 0 unspecified atom stereocenters. The van der Waals surface area contributed by atoms with Crippen LogP contribution >= 0.6 is 0 Å². The average molecular weight is 305 g/mol. The zero-order valence-corrected chi connectivity index (χ0v) is 13.2. The summed E-state index contributed by atoms with van der Waals surface area (Å²) in [5.74, 6) is -0.132. The SMILES string of the molecule is Cc1c(CN2CCCCC2)c(O)n(C[C@H](C)O)c(=O)c1C#N. The van der Waals surface area contributed by atoms with Crippen LogP contribution in [-0.4, -0.2) is 38.9 Å². The van der Waals surface area contributed by atoms with Crippen molar-refractivity contribution in [2.75, 3.05) is 13.1 Å². The Balaban J connectivity index is 2.47. The predicted octanol–water partition coefficient (Wildman–Crippen LogP) is 1.10. The molecule has 1 aromatic heterocycles. The first kappa shape index (κ1) is 16.5. The number of aromatic hydroxyl groups is 1. The van der Waals surface area contributed by atoms with Gasteiger partial charge in [-0.05, 0) is 45.3 Å². The Morgan fingerprint density at radius 1 is 1.32 bits per heavy atom. The Hall–Kier alpha value is -1.84. The van der Waals surface area contributed by atoms with Crippen molar-refractivity contribution >= 4 is 0 Å². The highest BCUT2D eigenvalue weighted by Crippen LogP contribution is 2.25. The predicted molar refractivity (Wildman–Crippen MR) is 82.6 cm³/mol. The molecule has 2 rings (SSSR count). The summed E-state index contributed by atoms with van der Waals surface area (Å²) in [5, 5.41) is 29.3. The lowest BCUT2D eigenvalue weighted by atomic mass is 10.0. The van der Waals surface area contributed by atoms with Gasteiger partial charge >= 0.3 is 0 Å². The number of piperidine rings is 1. The standard InChI is InChI=1S/C16H23N3O3/c1-11(20)9-19-15(21)13(8-17)12(2)14(16(19)22)10-18-6-4-3-5-7-18/h11,20,22H,3-7,9-10H2,1-2H3/t11-/m0/s1. The Morgan fingerprint density at radius 3 is 2.50 bits per heavy atom. The van der Waals surface area contributed by atoms with Crippen LogP contribution in [0.5, 0.6) is 5.88 Å². The minimum Gasteiger partial charge on any atom is -0.494 e. The van der Waals surface area contributed by atoms with Crippen molar-refractivity contribution < 1.29 is 10.2 Å². The van der Waals surface area contributed by atoms with E-state index in [2.05, 4.69) is 4.90 Å². The zero-order chi connectivity index (χ0) is 16.3. The van der Waals surface area contributed by atoms with Gasteiger partial charge in [-0.1, -0.05) is 6.42 Å². The summed E-state index contributed by atoms with van der Waals surface area (Å²) < 4.78 is 1.11. The van der Waals surface area contributed by atoms with E-state index in [4.69, 9.17) is 0 Å². The van der Waals surface area contributed by atoms with E-state index in [0.29, 0.717) is 17.7 Å². The van der Waals surface area contributed by atoms with E-state index in [9.17, 15) is 20.3 Å². The van der Waals surface area contributed by atoms with E-state index in [1.165, 1.54) is 6.42 Å². The molecule has 0 aliphatic carbocycles. The molecule has 0 bridgehead atoms. The van der Waals surface area contributed by atoms with Crippen molar-refractivity contribution in [3.63, 3.8) is 0 Å². The second-order valence-corrected chi connectivity index (χ2v) is 6.02. The lowest BCUT2D eigenvalue weighted by molar-refractivity contribution is 0.165. The van der Waals surface area contributed by atoms with Gasteiger partial charge in [0.15, 0.2) is 5.88 Å². The van der Waals surface area contributed by atoms with E-state index < -0.39 is 11.7 Å². The molecule has 1 fully saturated rings. The number of pyridine rings is 1. The number of nitriles is 1. The molecular formula is C16H23N3O3. The van der Waals surface area contributed by atoms with Gasteiger partial charge in [0.2, 0.25) is 0 Å². The first-order valence-corrected chi connectivity index (χ1v) is 7.71. The smallest absolute Gasteiger partial charge is 0.271 e. The van der Waals surface area contributed by atoms with Crippen molar-refractivity contribution in [3.05, 3.63) is 27.0 Å². The molecule has 0 amide bonds. The summed E-state index contributed by atoms with van der Waals surface area (Å²) in [7, 11) is 0. The Bertz CT molecular complexity index is 638. The number of aromatic nitrogens is 1. The highest BCUT2D eigenvalue weighted by Gasteiger charge is 2.22. The fourth-order valence-corrected chi connectivity index (χ4v) is 2.97. The minimum absolute atomic E-state index is 0.0212. The molecule has 1 atom stereocenters. The third kappa shape index (κ3) is 3.32. The highest BCUT2D eigenvalue weighted by molar-refractivity contribution is 5.45. The van der Waals surface area contributed by atoms with Crippen LogP contribution in [0.15, 0.2) is 4.79 Å². The van der Waals surface area contributed by atoms with Gasteiger partial charge in [0, 0.05) is 12.1 Å². The lowest BCUT2D eigenvalue weighted by Gasteiger charge is -2.28. The van der Waals surface area contributed by atoms with Crippen LogP contribution < -0.4 is 5.56 Å².